The van der Waals surface area contributed by atoms with E-state index in [1.807, 2.05) is 71.6 Å². The molecule has 1 saturated heterocycles. The topological polar surface area (TPSA) is 60.4 Å². The SMILES string of the molecule is COc1ccc(N=Cc2ccc(OCc3ccc(C(=O)N4CCCCC4)cc3)c(OC)c2)cc1. The molecule has 0 saturated carbocycles. The third-order valence-corrected chi connectivity index (χ3v) is 5.86. The summed E-state index contributed by atoms with van der Waals surface area (Å²) in [5, 5.41) is 0. The molecule has 34 heavy (non-hydrogen) atoms. The van der Waals surface area contributed by atoms with Gasteiger partial charge in [-0.25, -0.2) is 0 Å². The van der Waals surface area contributed by atoms with Crippen LogP contribution in [-0.4, -0.2) is 44.3 Å². The number of carbonyl (C=O) groups excluding carboxylic acids is 1. The van der Waals surface area contributed by atoms with Crippen LogP contribution < -0.4 is 14.2 Å². The molecule has 6 heteroatoms. The minimum Gasteiger partial charge on any atom is -0.497 e. The molecule has 0 N–H and O–H groups in total. The van der Waals surface area contributed by atoms with Crippen LogP contribution in [0.5, 0.6) is 17.2 Å². The van der Waals surface area contributed by atoms with E-state index in [1.54, 1.807) is 20.4 Å². The van der Waals surface area contributed by atoms with Crippen LogP contribution in [0.4, 0.5) is 5.69 Å². The molecular weight excluding hydrogens is 428 g/mol. The van der Waals surface area contributed by atoms with Gasteiger partial charge in [-0.15, -0.1) is 0 Å². The number of hydrogen-bond acceptors (Lipinski definition) is 5. The van der Waals surface area contributed by atoms with Crippen LogP contribution >= 0.6 is 0 Å². The van der Waals surface area contributed by atoms with E-state index in [2.05, 4.69) is 4.99 Å². The quantitative estimate of drug-likeness (QED) is 0.409. The van der Waals surface area contributed by atoms with E-state index in [-0.39, 0.29) is 5.91 Å². The summed E-state index contributed by atoms with van der Waals surface area (Å²) in [4.78, 5) is 19.1. The number of rotatable bonds is 8. The van der Waals surface area contributed by atoms with Gasteiger partial charge >= 0.3 is 0 Å². The summed E-state index contributed by atoms with van der Waals surface area (Å²) in [7, 11) is 3.26. The monoisotopic (exact) mass is 458 g/mol. The van der Waals surface area contributed by atoms with Gasteiger partial charge in [-0.1, -0.05) is 12.1 Å². The van der Waals surface area contributed by atoms with Crippen LogP contribution in [0, 0.1) is 0 Å². The molecule has 176 valence electrons. The molecule has 6 nitrogen and oxygen atoms in total. The minimum atomic E-state index is 0.112. The Morgan fingerprint density at radius 1 is 0.882 bits per heavy atom. The van der Waals surface area contributed by atoms with Crippen LogP contribution in [-0.2, 0) is 6.61 Å². The van der Waals surface area contributed by atoms with E-state index in [9.17, 15) is 4.79 Å². The molecule has 1 aliphatic heterocycles. The lowest BCUT2D eigenvalue weighted by molar-refractivity contribution is 0.0724. The summed E-state index contributed by atoms with van der Waals surface area (Å²) in [5.41, 5.74) is 3.45. The summed E-state index contributed by atoms with van der Waals surface area (Å²) in [6.07, 6.45) is 5.17. The summed E-state index contributed by atoms with van der Waals surface area (Å²) < 4.78 is 16.7. The van der Waals surface area contributed by atoms with Gasteiger partial charge in [-0.3, -0.25) is 9.79 Å². The first kappa shape index (κ1) is 23.4. The molecular formula is C28H30N2O4. The number of benzene rings is 3. The van der Waals surface area contributed by atoms with Crippen molar-refractivity contribution in [2.45, 2.75) is 25.9 Å². The maximum atomic E-state index is 12.6. The Balaban J connectivity index is 1.36. The number of likely N-dealkylation sites (tertiary alicyclic amines) is 1. The van der Waals surface area contributed by atoms with Gasteiger partial charge in [0.05, 0.1) is 19.9 Å². The molecule has 0 aromatic heterocycles. The maximum Gasteiger partial charge on any atom is 0.253 e. The third-order valence-electron chi connectivity index (χ3n) is 5.86. The van der Waals surface area contributed by atoms with Crippen molar-refractivity contribution in [3.05, 3.63) is 83.4 Å². The number of ether oxygens (including phenoxy) is 3. The van der Waals surface area contributed by atoms with Crippen LogP contribution in [0.15, 0.2) is 71.7 Å². The normalized spacial score (nSPS) is 13.6. The minimum absolute atomic E-state index is 0.112. The lowest BCUT2D eigenvalue weighted by Gasteiger charge is -2.26. The number of hydrogen-bond donors (Lipinski definition) is 0. The van der Waals surface area contributed by atoms with Gasteiger partial charge in [0, 0.05) is 24.9 Å². The second kappa shape index (κ2) is 11.4. The smallest absolute Gasteiger partial charge is 0.253 e. The second-order valence-corrected chi connectivity index (χ2v) is 8.20. The molecule has 4 rings (SSSR count). The number of methoxy groups -OCH3 is 2. The van der Waals surface area contributed by atoms with Crippen LogP contribution in [0.2, 0.25) is 0 Å². The first-order valence-electron chi connectivity index (χ1n) is 11.5. The highest BCUT2D eigenvalue weighted by atomic mass is 16.5. The number of piperidine rings is 1. The van der Waals surface area contributed by atoms with Gasteiger partial charge in [-0.05, 0) is 85.0 Å². The standard InChI is InChI=1S/C28H30N2O4/c1-32-25-13-11-24(12-14-25)29-19-22-8-15-26(27(18-22)33-2)34-20-21-6-9-23(10-7-21)28(31)30-16-4-3-5-17-30/h6-15,18-19H,3-5,16-17,20H2,1-2H3. The number of aliphatic imine (C=N–C) groups is 1. The third kappa shape index (κ3) is 5.95. The van der Waals surface area contributed by atoms with Gasteiger partial charge < -0.3 is 19.1 Å². The first-order chi connectivity index (χ1) is 16.7. The van der Waals surface area contributed by atoms with Crippen molar-refractivity contribution in [1.29, 1.82) is 0 Å². The molecule has 3 aromatic carbocycles. The molecule has 0 spiro atoms. The Morgan fingerprint density at radius 2 is 1.62 bits per heavy atom. The predicted octanol–water partition coefficient (Wildman–Crippen LogP) is 5.66. The fourth-order valence-electron chi connectivity index (χ4n) is 3.89. The number of amides is 1. The van der Waals surface area contributed by atoms with E-state index in [0.29, 0.717) is 18.1 Å². The fraction of sp³-hybridized carbons (Fsp3) is 0.286. The summed E-state index contributed by atoms with van der Waals surface area (Å²) in [6.45, 7) is 2.09. The summed E-state index contributed by atoms with van der Waals surface area (Å²) in [6, 6.07) is 20.9. The number of carbonyl (C=O) groups is 1. The Bertz CT molecular complexity index is 1120. The van der Waals surface area contributed by atoms with Crippen LogP contribution in [0.25, 0.3) is 0 Å². The molecule has 0 bridgehead atoms. The molecule has 0 aliphatic carbocycles. The maximum absolute atomic E-state index is 12.6. The van der Waals surface area contributed by atoms with Crippen molar-refractivity contribution in [3.8, 4) is 17.2 Å². The van der Waals surface area contributed by atoms with Crippen molar-refractivity contribution in [2.75, 3.05) is 27.3 Å². The zero-order valence-electron chi connectivity index (χ0n) is 19.7. The lowest BCUT2D eigenvalue weighted by atomic mass is 10.1. The van der Waals surface area contributed by atoms with E-state index < -0.39 is 0 Å². The fourth-order valence-corrected chi connectivity index (χ4v) is 3.89. The van der Waals surface area contributed by atoms with Crippen molar-refractivity contribution in [1.82, 2.24) is 4.90 Å². The van der Waals surface area contributed by atoms with E-state index in [1.165, 1.54) is 6.42 Å². The van der Waals surface area contributed by atoms with Gasteiger partial charge in [0.2, 0.25) is 0 Å². The Labute approximate surface area is 200 Å². The molecule has 0 radical (unpaired) electrons. The molecule has 1 fully saturated rings. The largest absolute Gasteiger partial charge is 0.497 e. The summed E-state index contributed by atoms with van der Waals surface area (Å²) >= 11 is 0. The summed E-state index contributed by atoms with van der Waals surface area (Å²) in [5.74, 6) is 2.19. The molecule has 0 atom stereocenters. The zero-order chi connectivity index (χ0) is 23.8. The molecule has 1 aliphatic rings. The van der Waals surface area contributed by atoms with E-state index >= 15 is 0 Å². The average molecular weight is 459 g/mol. The van der Waals surface area contributed by atoms with Gasteiger partial charge in [-0.2, -0.15) is 0 Å². The van der Waals surface area contributed by atoms with Crippen molar-refractivity contribution in [2.24, 2.45) is 4.99 Å². The Kier molecular flexibility index (Phi) is 7.81. The lowest BCUT2D eigenvalue weighted by Crippen LogP contribution is -2.35. The Hall–Kier alpha value is -3.80. The highest BCUT2D eigenvalue weighted by Gasteiger charge is 2.18. The first-order valence-corrected chi connectivity index (χ1v) is 11.5. The van der Waals surface area contributed by atoms with Crippen molar-refractivity contribution < 1.29 is 19.0 Å². The second-order valence-electron chi connectivity index (χ2n) is 8.20. The highest BCUT2D eigenvalue weighted by Crippen LogP contribution is 2.29. The number of nitrogens with zero attached hydrogens (tertiary/aromatic N) is 2. The van der Waals surface area contributed by atoms with E-state index in [0.717, 1.165) is 54.1 Å². The van der Waals surface area contributed by atoms with E-state index in [4.69, 9.17) is 14.2 Å². The Morgan fingerprint density at radius 3 is 2.29 bits per heavy atom. The van der Waals surface area contributed by atoms with Crippen LogP contribution in [0.1, 0.15) is 40.7 Å². The zero-order valence-corrected chi connectivity index (χ0v) is 19.7. The van der Waals surface area contributed by atoms with Crippen LogP contribution in [0.3, 0.4) is 0 Å². The highest BCUT2D eigenvalue weighted by molar-refractivity contribution is 5.94. The molecule has 1 amide bonds. The van der Waals surface area contributed by atoms with Crippen molar-refractivity contribution in [3.63, 3.8) is 0 Å². The van der Waals surface area contributed by atoms with Gasteiger partial charge in [0.25, 0.3) is 5.91 Å². The molecule has 0 unspecified atom stereocenters. The molecule has 1 heterocycles. The predicted molar refractivity (Wildman–Crippen MR) is 134 cm³/mol. The van der Waals surface area contributed by atoms with Crippen molar-refractivity contribution >= 4 is 17.8 Å². The molecule has 3 aromatic rings. The van der Waals surface area contributed by atoms with Gasteiger partial charge in [0.1, 0.15) is 12.4 Å². The average Bonchev–Trinajstić information content (AvgIpc) is 2.91. The van der Waals surface area contributed by atoms with Gasteiger partial charge in [0.15, 0.2) is 11.5 Å².